The van der Waals surface area contributed by atoms with Gasteiger partial charge in [0.25, 0.3) is 0 Å². The summed E-state index contributed by atoms with van der Waals surface area (Å²) in [7, 11) is 1.39. The van der Waals surface area contributed by atoms with Crippen LogP contribution in [0.25, 0.3) is 6.08 Å². The lowest BCUT2D eigenvalue weighted by Crippen LogP contribution is -2.59. The zero-order valence-electron chi connectivity index (χ0n) is 23.3. The zero-order chi connectivity index (χ0) is 30.1. The molecule has 0 bridgehead atoms. The van der Waals surface area contributed by atoms with Crippen LogP contribution in [0.1, 0.15) is 49.3 Å². The summed E-state index contributed by atoms with van der Waals surface area (Å²) in [5.74, 6) is -1.88. The maximum Gasteiger partial charge on any atom is 0.334 e. The van der Waals surface area contributed by atoms with Crippen molar-refractivity contribution in [2.45, 2.75) is 69.7 Å². The molecule has 6 atom stereocenters. The van der Waals surface area contributed by atoms with E-state index >= 15 is 0 Å². The molecule has 0 saturated carbocycles. The molecular formula is C30H38O11. The van der Waals surface area contributed by atoms with Crippen molar-refractivity contribution in [3.8, 4) is 11.5 Å². The second kappa shape index (κ2) is 14.9. The number of hydrogen-bond donors (Lipinski definition) is 5. The molecular weight excluding hydrogens is 536 g/mol. The number of aliphatic hydroxyl groups is 4. The molecule has 1 saturated heterocycles. The van der Waals surface area contributed by atoms with E-state index in [9.17, 15) is 35.1 Å². The fraction of sp³-hybridized carbons (Fsp3) is 0.467. The molecule has 0 spiro atoms. The molecule has 11 nitrogen and oxygen atoms in total. The number of benzene rings is 2. The minimum Gasteiger partial charge on any atom is -0.504 e. The van der Waals surface area contributed by atoms with Crippen LogP contribution >= 0.6 is 0 Å². The Bertz CT molecular complexity index is 1210. The second-order valence-corrected chi connectivity index (χ2v) is 9.90. The number of carbonyl (C=O) groups excluding carboxylic acids is 2. The van der Waals surface area contributed by atoms with Crippen molar-refractivity contribution in [1.82, 2.24) is 0 Å². The Hall–Kier alpha value is -3.48. The molecule has 0 aliphatic carbocycles. The molecule has 224 valence electrons. The van der Waals surface area contributed by atoms with E-state index in [1.165, 1.54) is 32.2 Å². The van der Waals surface area contributed by atoms with Crippen molar-refractivity contribution < 1.29 is 54.1 Å². The lowest BCUT2D eigenvalue weighted by Gasteiger charge is -2.40. The van der Waals surface area contributed by atoms with Gasteiger partial charge < -0.3 is 44.5 Å². The molecule has 0 unspecified atom stereocenters. The minimum absolute atomic E-state index is 0.0337. The number of phenols is 1. The van der Waals surface area contributed by atoms with Crippen molar-refractivity contribution in [2.75, 3.05) is 20.3 Å². The Morgan fingerprint density at radius 2 is 1.80 bits per heavy atom. The Labute approximate surface area is 238 Å². The van der Waals surface area contributed by atoms with Gasteiger partial charge in [-0.1, -0.05) is 30.3 Å². The van der Waals surface area contributed by atoms with E-state index in [1.54, 1.807) is 6.07 Å². The van der Waals surface area contributed by atoms with Gasteiger partial charge in [-0.2, -0.15) is 0 Å². The first kappa shape index (κ1) is 32.0. The quantitative estimate of drug-likeness (QED) is 0.185. The highest BCUT2D eigenvalue weighted by Crippen LogP contribution is 2.33. The molecule has 0 amide bonds. The van der Waals surface area contributed by atoms with Crippen LogP contribution in [0.15, 0.2) is 48.0 Å². The van der Waals surface area contributed by atoms with E-state index in [2.05, 4.69) is 0 Å². The molecule has 3 rings (SSSR count). The first-order chi connectivity index (χ1) is 19.6. The van der Waals surface area contributed by atoms with Gasteiger partial charge in [0, 0.05) is 25.7 Å². The molecule has 41 heavy (non-hydrogen) atoms. The van der Waals surface area contributed by atoms with E-state index in [1.807, 2.05) is 24.3 Å². The average Bonchev–Trinajstić information content (AvgIpc) is 2.93. The van der Waals surface area contributed by atoms with Crippen molar-refractivity contribution in [3.63, 3.8) is 0 Å². The molecule has 11 heteroatoms. The third kappa shape index (κ3) is 8.51. The van der Waals surface area contributed by atoms with E-state index in [-0.39, 0.29) is 42.6 Å². The van der Waals surface area contributed by atoms with Crippen LogP contribution in [0.5, 0.6) is 11.5 Å². The first-order valence-corrected chi connectivity index (χ1v) is 13.4. The number of aliphatic hydroxyl groups excluding tert-OH is 4. The predicted octanol–water partition coefficient (Wildman–Crippen LogP) is 1.82. The van der Waals surface area contributed by atoms with Gasteiger partial charge in [-0.25, -0.2) is 4.79 Å². The van der Waals surface area contributed by atoms with E-state index in [0.29, 0.717) is 18.4 Å². The summed E-state index contributed by atoms with van der Waals surface area (Å²) in [4.78, 5) is 25.4. The molecule has 2 aromatic carbocycles. The molecule has 0 radical (unpaired) electrons. The maximum atomic E-state index is 13.7. The molecule has 1 heterocycles. The minimum atomic E-state index is -1.68. The highest BCUT2D eigenvalue weighted by atomic mass is 16.7. The van der Waals surface area contributed by atoms with Gasteiger partial charge in [0.1, 0.15) is 6.10 Å². The summed E-state index contributed by atoms with van der Waals surface area (Å²) in [5.41, 5.74) is 2.34. The summed E-state index contributed by atoms with van der Waals surface area (Å²) in [6.07, 6.45) is -4.50. The van der Waals surface area contributed by atoms with Crippen molar-refractivity contribution in [1.29, 1.82) is 0 Å². The van der Waals surface area contributed by atoms with Crippen LogP contribution in [0, 0.1) is 0 Å². The molecule has 1 aliphatic heterocycles. The highest BCUT2D eigenvalue weighted by molar-refractivity contribution is 5.94. The molecule has 1 aliphatic rings. The molecule has 2 aromatic rings. The van der Waals surface area contributed by atoms with E-state index in [4.69, 9.17) is 18.9 Å². The van der Waals surface area contributed by atoms with E-state index in [0.717, 1.165) is 18.1 Å². The third-order valence-electron chi connectivity index (χ3n) is 6.90. The topological polar surface area (TPSA) is 172 Å². The zero-order valence-corrected chi connectivity index (χ0v) is 23.3. The van der Waals surface area contributed by atoms with Crippen LogP contribution in [0.3, 0.4) is 0 Å². The number of carbonyl (C=O) groups is 2. The van der Waals surface area contributed by atoms with Gasteiger partial charge in [0.2, 0.25) is 0 Å². The van der Waals surface area contributed by atoms with Gasteiger partial charge >= 0.3 is 11.9 Å². The number of ether oxygens (including phenoxy) is 4. The monoisotopic (exact) mass is 574 g/mol. The smallest absolute Gasteiger partial charge is 0.334 e. The van der Waals surface area contributed by atoms with Gasteiger partial charge in [-0.15, -0.1) is 0 Å². The number of methoxy groups -OCH3 is 1. The summed E-state index contributed by atoms with van der Waals surface area (Å²) in [6, 6.07) is 12.0. The number of aromatic hydroxyl groups is 1. The second-order valence-electron chi connectivity index (χ2n) is 9.90. The molecule has 0 aromatic heterocycles. The highest BCUT2D eigenvalue weighted by Gasteiger charge is 2.47. The summed E-state index contributed by atoms with van der Waals surface area (Å²) < 4.78 is 21.3. The summed E-state index contributed by atoms with van der Waals surface area (Å²) >= 11 is 0. The predicted molar refractivity (Wildman–Crippen MR) is 147 cm³/mol. The van der Waals surface area contributed by atoms with Crippen molar-refractivity contribution in [2.24, 2.45) is 0 Å². The third-order valence-corrected chi connectivity index (χ3v) is 6.90. The standard InChI is InChI=1S/C30H38O11/c1-17-26(35)27(40-18(2)33)28(30(37)39-17)41-29(36)23(14-20-7-8-24(34)25(15-20)38-3)16-22(10-12-32)21-6-4-5-19(13-21)9-11-31/h4-8,13-15,17,22,26-28,30-32,34-35,37H,9-12,16H2,1-3H3/t17-,22+,26+,27-,28-,30-/m1/s1. The normalized spacial score (nSPS) is 23.5. The maximum absolute atomic E-state index is 13.7. The molecule has 1 fully saturated rings. The SMILES string of the molecule is COc1cc(C=C(C[C@H](CCO)c2cccc(CCO)c2)C(=O)O[C@@H]2[C@H](OC(C)=O)[C@@H](O)[C@@H](C)O[C@H]2O)ccc1O. The number of hydrogen-bond acceptors (Lipinski definition) is 11. The lowest BCUT2D eigenvalue weighted by molar-refractivity contribution is -0.284. The Morgan fingerprint density at radius 1 is 1.05 bits per heavy atom. The van der Waals surface area contributed by atoms with Crippen molar-refractivity contribution in [3.05, 3.63) is 64.7 Å². The van der Waals surface area contributed by atoms with Gasteiger partial charge in [-0.05, 0) is 67.0 Å². The Morgan fingerprint density at radius 3 is 2.46 bits per heavy atom. The van der Waals surface area contributed by atoms with Crippen LogP contribution in [0.4, 0.5) is 0 Å². The van der Waals surface area contributed by atoms with Crippen molar-refractivity contribution >= 4 is 18.0 Å². The van der Waals surface area contributed by atoms with Crippen LogP contribution < -0.4 is 4.74 Å². The van der Waals surface area contributed by atoms with Crippen LogP contribution in [-0.2, 0) is 30.2 Å². The number of rotatable bonds is 12. The first-order valence-electron chi connectivity index (χ1n) is 13.4. The Kier molecular flexibility index (Phi) is 11.7. The lowest BCUT2D eigenvalue weighted by atomic mass is 9.87. The average molecular weight is 575 g/mol. The largest absolute Gasteiger partial charge is 0.504 e. The van der Waals surface area contributed by atoms with Crippen LogP contribution in [-0.4, -0.2) is 88.5 Å². The Balaban J connectivity index is 2.01. The van der Waals surface area contributed by atoms with Gasteiger partial charge in [0.15, 0.2) is 30.0 Å². The van der Waals surface area contributed by atoms with Crippen LogP contribution in [0.2, 0.25) is 0 Å². The number of phenolic OH excluding ortho intramolecular Hbond substituents is 1. The van der Waals surface area contributed by atoms with E-state index < -0.39 is 42.6 Å². The summed E-state index contributed by atoms with van der Waals surface area (Å²) in [5, 5.41) is 50.4. The molecule has 5 N–H and O–H groups in total. The fourth-order valence-corrected chi connectivity index (χ4v) is 4.78. The van der Waals surface area contributed by atoms with Gasteiger partial charge in [0.05, 0.1) is 13.2 Å². The number of esters is 2. The van der Waals surface area contributed by atoms with Gasteiger partial charge in [-0.3, -0.25) is 4.79 Å². The fourth-order valence-electron chi connectivity index (χ4n) is 4.78. The summed E-state index contributed by atoms with van der Waals surface area (Å²) in [6.45, 7) is 2.41.